The number of halogens is 1. The van der Waals surface area contributed by atoms with Crippen LogP contribution in [0, 0.1) is 5.82 Å². The van der Waals surface area contributed by atoms with Gasteiger partial charge in [0, 0.05) is 16.7 Å². The van der Waals surface area contributed by atoms with Gasteiger partial charge in [-0.2, -0.15) is 0 Å². The van der Waals surface area contributed by atoms with Crippen LogP contribution in [0.4, 0.5) is 4.39 Å². The van der Waals surface area contributed by atoms with E-state index in [1.54, 1.807) is 48.6 Å². The Morgan fingerprint density at radius 2 is 1.58 bits per heavy atom. The summed E-state index contributed by atoms with van der Waals surface area (Å²) in [6.45, 7) is 7.49. The molecule has 0 aliphatic heterocycles. The molecule has 0 aromatic heterocycles. The predicted octanol–water partition coefficient (Wildman–Crippen LogP) is 6.26. The number of allylic oxidation sites excluding steroid dienone is 3. The molecule has 0 aliphatic rings. The SMILES string of the molecule is C=CCc1ccc(O)c(-c2cc(CC=C)cc(C=CC(=O)c3ccccc3F)c2O)c1. The van der Waals surface area contributed by atoms with Crippen molar-refractivity contribution in [3.8, 4) is 22.6 Å². The third kappa shape index (κ3) is 4.98. The Balaban J connectivity index is 2.08. The molecule has 0 spiro atoms. The number of phenolic OH excluding ortho intramolecular Hbond substituents is 2. The van der Waals surface area contributed by atoms with E-state index in [9.17, 15) is 19.4 Å². The molecule has 0 saturated carbocycles. The number of benzene rings is 3. The molecule has 0 bridgehead atoms. The molecule has 3 rings (SSSR count). The first-order chi connectivity index (χ1) is 14.9. The molecule has 4 heteroatoms. The summed E-state index contributed by atoms with van der Waals surface area (Å²) < 4.78 is 13.9. The van der Waals surface area contributed by atoms with Crippen molar-refractivity contribution in [3.63, 3.8) is 0 Å². The van der Waals surface area contributed by atoms with Gasteiger partial charge in [-0.15, -0.1) is 13.2 Å². The average molecular weight is 414 g/mol. The molecule has 31 heavy (non-hydrogen) atoms. The second-order valence-electron chi connectivity index (χ2n) is 7.10. The highest BCUT2D eigenvalue weighted by molar-refractivity contribution is 6.07. The Kier molecular flexibility index (Phi) is 6.83. The van der Waals surface area contributed by atoms with Crippen molar-refractivity contribution in [2.45, 2.75) is 12.8 Å². The lowest BCUT2D eigenvalue weighted by Gasteiger charge is -2.13. The van der Waals surface area contributed by atoms with Gasteiger partial charge in [0.05, 0.1) is 5.56 Å². The molecule has 156 valence electrons. The molecular weight excluding hydrogens is 391 g/mol. The van der Waals surface area contributed by atoms with Gasteiger partial charge in [-0.25, -0.2) is 4.39 Å². The van der Waals surface area contributed by atoms with Crippen LogP contribution in [0.5, 0.6) is 11.5 Å². The summed E-state index contributed by atoms with van der Waals surface area (Å²) in [4.78, 5) is 12.4. The first kappa shape index (κ1) is 21.8. The quantitative estimate of drug-likeness (QED) is 0.260. The lowest BCUT2D eigenvalue weighted by atomic mass is 9.94. The van der Waals surface area contributed by atoms with E-state index in [2.05, 4.69) is 13.2 Å². The molecule has 0 heterocycles. The van der Waals surface area contributed by atoms with Crippen LogP contribution in [0.15, 0.2) is 86.0 Å². The summed E-state index contributed by atoms with van der Waals surface area (Å²) >= 11 is 0. The minimum atomic E-state index is -0.605. The number of hydrogen-bond donors (Lipinski definition) is 2. The molecule has 2 N–H and O–H groups in total. The fourth-order valence-electron chi connectivity index (χ4n) is 3.34. The third-order valence-corrected chi connectivity index (χ3v) is 4.86. The van der Waals surface area contributed by atoms with Crippen LogP contribution in [0.25, 0.3) is 17.2 Å². The number of phenols is 2. The maximum Gasteiger partial charge on any atom is 0.188 e. The van der Waals surface area contributed by atoms with Gasteiger partial charge in [0.15, 0.2) is 5.78 Å². The van der Waals surface area contributed by atoms with E-state index >= 15 is 0 Å². The van der Waals surface area contributed by atoms with E-state index in [1.807, 2.05) is 0 Å². The fourth-order valence-corrected chi connectivity index (χ4v) is 3.34. The van der Waals surface area contributed by atoms with Crippen LogP contribution in [-0.4, -0.2) is 16.0 Å². The maximum absolute atomic E-state index is 13.9. The molecule has 3 aromatic rings. The first-order valence-electron chi connectivity index (χ1n) is 9.81. The molecule has 0 atom stereocenters. The maximum atomic E-state index is 13.9. The summed E-state index contributed by atoms with van der Waals surface area (Å²) in [7, 11) is 0. The van der Waals surface area contributed by atoms with E-state index < -0.39 is 11.6 Å². The molecule has 0 unspecified atom stereocenters. The Hall–Kier alpha value is -3.92. The Bertz CT molecular complexity index is 1180. The zero-order valence-electron chi connectivity index (χ0n) is 17.0. The van der Waals surface area contributed by atoms with Crippen molar-refractivity contribution in [3.05, 3.63) is 114 Å². The van der Waals surface area contributed by atoms with Crippen molar-refractivity contribution >= 4 is 11.9 Å². The summed E-state index contributed by atoms with van der Waals surface area (Å²) in [5.74, 6) is -1.18. The van der Waals surface area contributed by atoms with Crippen LogP contribution in [-0.2, 0) is 12.8 Å². The molecule has 0 saturated heterocycles. The molecule has 0 aliphatic carbocycles. The smallest absolute Gasteiger partial charge is 0.188 e. The van der Waals surface area contributed by atoms with E-state index in [0.717, 1.165) is 11.1 Å². The van der Waals surface area contributed by atoms with Crippen LogP contribution in [0.1, 0.15) is 27.0 Å². The molecule has 0 radical (unpaired) electrons. The van der Waals surface area contributed by atoms with Crippen LogP contribution >= 0.6 is 0 Å². The molecule has 0 fully saturated rings. The van der Waals surface area contributed by atoms with Crippen molar-refractivity contribution in [1.29, 1.82) is 0 Å². The molecular formula is C27H23FO3. The standard InChI is InChI=1S/C27H23FO3/c1-3-7-18-11-13-26(30)22(16-18)23-17-19(8-4-2)15-20(27(23)31)12-14-25(29)21-9-5-6-10-24(21)28/h3-6,9-17,30-31H,1-2,7-8H2. The van der Waals surface area contributed by atoms with Gasteiger partial charge in [0.25, 0.3) is 0 Å². The Labute approximate surface area is 181 Å². The number of hydrogen-bond acceptors (Lipinski definition) is 3. The lowest BCUT2D eigenvalue weighted by Crippen LogP contribution is -1.98. The van der Waals surface area contributed by atoms with E-state index in [0.29, 0.717) is 29.5 Å². The van der Waals surface area contributed by atoms with E-state index in [4.69, 9.17) is 0 Å². The minimum Gasteiger partial charge on any atom is -0.507 e. The fraction of sp³-hybridized carbons (Fsp3) is 0.0741. The van der Waals surface area contributed by atoms with Gasteiger partial charge in [-0.05, 0) is 72.5 Å². The monoisotopic (exact) mass is 414 g/mol. The number of carbonyl (C=O) groups excluding carboxylic acids is 1. The zero-order chi connectivity index (χ0) is 22.4. The Morgan fingerprint density at radius 3 is 2.29 bits per heavy atom. The normalized spacial score (nSPS) is 10.9. The van der Waals surface area contributed by atoms with E-state index in [1.165, 1.54) is 30.4 Å². The van der Waals surface area contributed by atoms with Gasteiger partial charge in [-0.3, -0.25) is 4.79 Å². The largest absolute Gasteiger partial charge is 0.507 e. The number of ketones is 1. The highest BCUT2D eigenvalue weighted by atomic mass is 19.1. The van der Waals surface area contributed by atoms with Crippen molar-refractivity contribution < 1.29 is 19.4 Å². The van der Waals surface area contributed by atoms with Gasteiger partial charge in [0.2, 0.25) is 0 Å². The Morgan fingerprint density at radius 1 is 0.903 bits per heavy atom. The highest BCUT2D eigenvalue weighted by Crippen LogP contribution is 2.39. The summed E-state index contributed by atoms with van der Waals surface area (Å²) in [5.41, 5.74) is 3.01. The molecule has 3 aromatic carbocycles. The summed E-state index contributed by atoms with van der Waals surface area (Å²) in [5, 5.41) is 21.3. The molecule has 0 amide bonds. The van der Waals surface area contributed by atoms with Gasteiger partial charge >= 0.3 is 0 Å². The second kappa shape index (κ2) is 9.72. The predicted molar refractivity (Wildman–Crippen MR) is 123 cm³/mol. The topological polar surface area (TPSA) is 57.5 Å². The van der Waals surface area contributed by atoms with Crippen LogP contribution in [0.3, 0.4) is 0 Å². The number of rotatable bonds is 8. The van der Waals surface area contributed by atoms with Crippen molar-refractivity contribution in [2.75, 3.05) is 0 Å². The van der Waals surface area contributed by atoms with Gasteiger partial charge < -0.3 is 10.2 Å². The first-order valence-corrected chi connectivity index (χ1v) is 9.81. The summed E-state index contributed by atoms with van der Waals surface area (Å²) in [6, 6.07) is 14.4. The zero-order valence-corrected chi connectivity index (χ0v) is 17.0. The van der Waals surface area contributed by atoms with E-state index in [-0.39, 0.29) is 17.1 Å². The third-order valence-electron chi connectivity index (χ3n) is 4.86. The number of carbonyl (C=O) groups is 1. The van der Waals surface area contributed by atoms with Crippen LogP contribution in [0.2, 0.25) is 0 Å². The molecule has 3 nitrogen and oxygen atoms in total. The average Bonchev–Trinajstić information content (AvgIpc) is 2.76. The second-order valence-corrected chi connectivity index (χ2v) is 7.10. The van der Waals surface area contributed by atoms with Crippen molar-refractivity contribution in [1.82, 2.24) is 0 Å². The highest BCUT2D eigenvalue weighted by Gasteiger charge is 2.15. The van der Waals surface area contributed by atoms with Crippen molar-refractivity contribution in [2.24, 2.45) is 0 Å². The minimum absolute atomic E-state index is 0.0243. The van der Waals surface area contributed by atoms with Gasteiger partial charge in [-0.1, -0.05) is 30.4 Å². The van der Waals surface area contributed by atoms with Crippen LogP contribution < -0.4 is 0 Å². The summed E-state index contributed by atoms with van der Waals surface area (Å²) in [6.07, 6.45) is 7.30. The number of aromatic hydroxyl groups is 2. The lowest BCUT2D eigenvalue weighted by molar-refractivity contribution is 0.104. The van der Waals surface area contributed by atoms with Gasteiger partial charge in [0.1, 0.15) is 17.3 Å².